The molecule has 0 aliphatic heterocycles. The molecule has 0 aliphatic rings. The van der Waals surface area contributed by atoms with Gasteiger partial charge in [0, 0.05) is 28.5 Å². The first kappa shape index (κ1) is 21.8. The maximum atomic E-state index is 13.1. The lowest BCUT2D eigenvalue weighted by Gasteiger charge is -2.20. The third-order valence-corrected chi connectivity index (χ3v) is 3.51. The van der Waals surface area contributed by atoms with Gasteiger partial charge in [-0.15, -0.1) is 0 Å². The van der Waals surface area contributed by atoms with Gasteiger partial charge in [0.1, 0.15) is 0 Å². The molecule has 0 radical (unpaired) electrons. The van der Waals surface area contributed by atoms with E-state index in [1.165, 1.54) is 6.07 Å². The van der Waals surface area contributed by atoms with Crippen molar-refractivity contribution in [3.63, 3.8) is 0 Å². The number of nitrogens with one attached hydrogen (secondary N) is 4. The number of urea groups is 1. The maximum absolute atomic E-state index is 13.1. The number of amides is 4. The summed E-state index contributed by atoms with van der Waals surface area (Å²) in [5.41, 5.74) is 0.571. The minimum absolute atomic E-state index is 0.0697. The van der Waals surface area contributed by atoms with Crippen LogP contribution in [0.25, 0.3) is 0 Å². The van der Waals surface area contributed by atoms with Crippen LogP contribution < -0.4 is 21.3 Å². The summed E-state index contributed by atoms with van der Waals surface area (Å²) in [6, 6.07) is 8.52. The molecule has 2 rings (SSSR count). The van der Waals surface area contributed by atoms with E-state index in [4.69, 9.17) is 0 Å². The maximum Gasteiger partial charge on any atom is 0.319 e. The molecule has 0 spiro atoms. The lowest BCUT2D eigenvalue weighted by atomic mass is 10.1. The lowest BCUT2D eigenvalue weighted by molar-refractivity contribution is -0.115. The highest BCUT2D eigenvalue weighted by Crippen LogP contribution is 2.13. The van der Waals surface area contributed by atoms with E-state index in [0.29, 0.717) is 11.3 Å². The van der Waals surface area contributed by atoms with Gasteiger partial charge in [0.2, 0.25) is 5.91 Å². The van der Waals surface area contributed by atoms with E-state index < -0.39 is 23.6 Å². The summed E-state index contributed by atoms with van der Waals surface area (Å²) in [7, 11) is 0. The van der Waals surface area contributed by atoms with Crippen LogP contribution in [0.2, 0.25) is 0 Å². The Balaban J connectivity index is 1.82. The fourth-order valence-corrected chi connectivity index (χ4v) is 2.23. The summed E-state index contributed by atoms with van der Waals surface area (Å²) in [6.07, 6.45) is 0. The predicted octanol–water partition coefficient (Wildman–Crippen LogP) is 3.25. The third-order valence-electron chi connectivity index (χ3n) is 3.51. The van der Waals surface area contributed by atoms with E-state index in [-0.39, 0.29) is 23.7 Å². The molecule has 0 aromatic heterocycles. The van der Waals surface area contributed by atoms with Crippen molar-refractivity contribution in [3.8, 4) is 0 Å². The van der Waals surface area contributed by atoms with Crippen molar-refractivity contribution in [2.24, 2.45) is 0 Å². The first-order valence-electron chi connectivity index (χ1n) is 8.76. The molecule has 4 amide bonds. The number of hydrogen-bond acceptors (Lipinski definition) is 3. The van der Waals surface area contributed by atoms with E-state index in [0.717, 1.165) is 12.1 Å². The Morgan fingerprint density at radius 1 is 0.862 bits per heavy atom. The second-order valence-electron chi connectivity index (χ2n) is 7.27. The number of carbonyl (C=O) groups excluding carboxylic acids is 3. The molecular formula is C20H22F2N4O3. The van der Waals surface area contributed by atoms with Crippen LogP contribution in [-0.4, -0.2) is 29.9 Å². The van der Waals surface area contributed by atoms with Gasteiger partial charge in [-0.2, -0.15) is 0 Å². The van der Waals surface area contributed by atoms with Gasteiger partial charge >= 0.3 is 6.03 Å². The van der Waals surface area contributed by atoms with Crippen molar-refractivity contribution in [1.29, 1.82) is 0 Å². The third kappa shape index (κ3) is 7.21. The standard InChI is InChI=1S/C20H22F2N4O3/c1-20(2,3)26-18(28)12-4-6-13(7-5-12)25-19(29)23-11-17(27)24-14-8-9-15(21)16(22)10-14/h4-10H,11H2,1-3H3,(H,24,27)(H,26,28)(H2,23,25,29). The number of halogens is 2. The summed E-state index contributed by atoms with van der Waals surface area (Å²) in [5.74, 6) is -2.96. The molecule has 9 heteroatoms. The molecule has 0 saturated heterocycles. The van der Waals surface area contributed by atoms with Crippen molar-refractivity contribution in [2.75, 3.05) is 17.2 Å². The highest BCUT2D eigenvalue weighted by Gasteiger charge is 2.15. The normalized spacial score (nSPS) is 10.8. The molecule has 154 valence electrons. The number of hydrogen-bond donors (Lipinski definition) is 4. The molecule has 0 heterocycles. The fraction of sp³-hybridized carbons (Fsp3) is 0.250. The van der Waals surface area contributed by atoms with Gasteiger partial charge in [0.15, 0.2) is 11.6 Å². The van der Waals surface area contributed by atoms with E-state index >= 15 is 0 Å². The molecule has 4 N–H and O–H groups in total. The zero-order chi connectivity index (χ0) is 21.6. The topological polar surface area (TPSA) is 99.3 Å². The SMILES string of the molecule is CC(C)(C)NC(=O)c1ccc(NC(=O)NCC(=O)Nc2ccc(F)c(F)c2)cc1. The fourth-order valence-electron chi connectivity index (χ4n) is 2.23. The Kier molecular flexibility index (Phi) is 6.87. The van der Waals surface area contributed by atoms with Gasteiger partial charge in [-0.1, -0.05) is 0 Å². The average Bonchev–Trinajstić information content (AvgIpc) is 2.62. The highest BCUT2D eigenvalue weighted by molar-refractivity contribution is 5.98. The van der Waals surface area contributed by atoms with Crippen molar-refractivity contribution in [3.05, 3.63) is 59.7 Å². The second kappa shape index (κ2) is 9.13. The van der Waals surface area contributed by atoms with Crippen LogP contribution >= 0.6 is 0 Å². The molecule has 2 aromatic rings. The molecule has 0 atom stereocenters. The first-order chi connectivity index (χ1) is 13.5. The van der Waals surface area contributed by atoms with Crippen LogP contribution in [0.3, 0.4) is 0 Å². The molecule has 7 nitrogen and oxygen atoms in total. The number of rotatable bonds is 5. The van der Waals surface area contributed by atoms with Crippen LogP contribution in [0, 0.1) is 11.6 Å². The Bertz CT molecular complexity index is 909. The lowest BCUT2D eigenvalue weighted by Crippen LogP contribution is -2.40. The molecule has 0 aliphatic carbocycles. The quantitative estimate of drug-likeness (QED) is 0.616. The summed E-state index contributed by atoms with van der Waals surface area (Å²) in [6.45, 7) is 5.23. The minimum Gasteiger partial charge on any atom is -0.347 e. The van der Waals surface area contributed by atoms with E-state index in [1.807, 2.05) is 20.8 Å². The Morgan fingerprint density at radius 2 is 1.48 bits per heavy atom. The van der Waals surface area contributed by atoms with Crippen LogP contribution in [0.1, 0.15) is 31.1 Å². The Hall–Kier alpha value is -3.49. The predicted molar refractivity (Wildman–Crippen MR) is 106 cm³/mol. The Labute approximate surface area is 166 Å². The van der Waals surface area contributed by atoms with E-state index in [2.05, 4.69) is 21.3 Å². The van der Waals surface area contributed by atoms with Crippen LogP contribution in [0.4, 0.5) is 25.0 Å². The highest BCUT2D eigenvalue weighted by atomic mass is 19.2. The Morgan fingerprint density at radius 3 is 2.07 bits per heavy atom. The van der Waals surface area contributed by atoms with Crippen molar-refractivity contribution in [1.82, 2.24) is 10.6 Å². The molecule has 0 unspecified atom stereocenters. The van der Waals surface area contributed by atoms with E-state index in [9.17, 15) is 23.2 Å². The minimum atomic E-state index is -1.09. The number of benzene rings is 2. The summed E-state index contributed by atoms with van der Waals surface area (Å²) in [4.78, 5) is 35.7. The largest absolute Gasteiger partial charge is 0.347 e. The van der Waals surface area contributed by atoms with Crippen LogP contribution in [-0.2, 0) is 4.79 Å². The molecule has 0 saturated carbocycles. The van der Waals surface area contributed by atoms with Gasteiger partial charge in [0.05, 0.1) is 6.54 Å². The van der Waals surface area contributed by atoms with Crippen molar-refractivity contribution >= 4 is 29.2 Å². The van der Waals surface area contributed by atoms with Gasteiger partial charge in [-0.05, 0) is 57.2 Å². The first-order valence-corrected chi connectivity index (χ1v) is 8.76. The summed E-state index contributed by atoms with van der Waals surface area (Å²) < 4.78 is 26.0. The molecule has 0 bridgehead atoms. The zero-order valence-electron chi connectivity index (χ0n) is 16.2. The summed E-state index contributed by atoms with van der Waals surface area (Å²) >= 11 is 0. The van der Waals surface area contributed by atoms with Gasteiger partial charge in [-0.3, -0.25) is 9.59 Å². The summed E-state index contributed by atoms with van der Waals surface area (Å²) in [5, 5.41) is 10.0. The second-order valence-corrected chi connectivity index (χ2v) is 7.27. The van der Waals surface area contributed by atoms with Crippen LogP contribution in [0.5, 0.6) is 0 Å². The van der Waals surface area contributed by atoms with Crippen molar-refractivity contribution < 1.29 is 23.2 Å². The molecular weight excluding hydrogens is 382 g/mol. The van der Waals surface area contributed by atoms with Crippen molar-refractivity contribution in [2.45, 2.75) is 26.3 Å². The van der Waals surface area contributed by atoms with Gasteiger partial charge in [-0.25, -0.2) is 13.6 Å². The van der Waals surface area contributed by atoms with Gasteiger partial charge in [0.25, 0.3) is 5.91 Å². The zero-order valence-corrected chi connectivity index (χ0v) is 16.2. The van der Waals surface area contributed by atoms with Gasteiger partial charge < -0.3 is 21.3 Å². The van der Waals surface area contributed by atoms with E-state index in [1.54, 1.807) is 24.3 Å². The molecule has 0 fully saturated rings. The van der Waals surface area contributed by atoms with Crippen LogP contribution in [0.15, 0.2) is 42.5 Å². The number of carbonyl (C=O) groups is 3. The average molecular weight is 404 g/mol. The molecule has 29 heavy (non-hydrogen) atoms. The smallest absolute Gasteiger partial charge is 0.319 e. The molecule has 2 aromatic carbocycles. The monoisotopic (exact) mass is 404 g/mol. The number of anilines is 2.